The SMILES string of the molecule is CC(=[N+]=[N-])C(=O)CC(C)(C)c1ccc(O)cc1. The highest BCUT2D eigenvalue weighted by Gasteiger charge is 2.27. The lowest BCUT2D eigenvalue weighted by molar-refractivity contribution is -0.118. The lowest BCUT2D eigenvalue weighted by Gasteiger charge is -2.23. The molecule has 0 atom stereocenters. The fraction of sp³-hybridized carbons (Fsp3) is 0.385. The number of benzene rings is 1. The normalized spacial score (nSPS) is 10.8. The van der Waals surface area contributed by atoms with Gasteiger partial charge in [-0.15, -0.1) is 0 Å². The van der Waals surface area contributed by atoms with Crippen molar-refractivity contribution in [3.05, 3.63) is 35.4 Å². The second-order valence-electron chi connectivity index (χ2n) is 4.72. The number of phenols is 1. The average molecular weight is 232 g/mol. The number of aromatic hydroxyl groups is 1. The summed E-state index contributed by atoms with van der Waals surface area (Å²) in [5.41, 5.74) is 9.24. The van der Waals surface area contributed by atoms with Gasteiger partial charge in [-0.25, -0.2) is 0 Å². The molecule has 0 spiro atoms. The van der Waals surface area contributed by atoms with E-state index < -0.39 is 0 Å². The fourth-order valence-electron chi connectivity index (χ4n) is 1.60. The molecule has 1 rings (SSSR count). The minimum atomic E-state index is -0.364. The van der Waals surface area contributed by atoms with Crippen LogP contribution in [-0.4, -0.2) is 21.4 Å². The van der Waals surface area contributed by atoms with Gasteiger partial charge in [0.2, 0.25) is 5.78 Å². The minimum absolute atomic E-state index is 0.108. The second-order valence-corrected chi connectivity index (χ2v) is 4.72. The van der Waals surface area contributed by atoms with Crippen LogP contribution >= 0.6 is 0 Å². The topological polar surface area (TPSA) is 73.7 Å². The van der Waals surface area contributed by atoms with Gasteiger partial charge in [0.15, 0.2) is 0 Å². The zero-order valence-corrected chi connectivity index (χ0v) is 10.3. The number of nitrogens with zero attached hydrogens (tertiary/aromatic N) is 2. The predicted molar refractivity (Wildman–Crippen MR) is 65.1 cm³/mol. The highest BCUT2D eigenvalue weighted by molar-refractivity contribution is 6.36. The standard InChI is InChI=1S/C13H16N2O2/c1-9(15-14)12(17)8-13(2,3)10-4-6-11(16)7-5-10/h4-7,16H,8H2,1-3H3. The van der Waals surface area contributed by atoms with Crippen LogP contribution in [0, 0.1) is 0 Å². The van der Waals surface area contributed by atoms with Crippen LogP contribution in [0.2, 0.25) is 0 Å². The van der Waals surface area contributed by atoms with E-state index in [0.717, 1.165) is 5.56 Å². The fourth-order valence-corrected chi connectivity index (χ4v) is 1.60. The van der Waals surface area contributed by atoms with Crippen molar-refractivity contribution in [1.82, 2.24) is 0 Å². The first-order valence-electron chi connectivity index (χ1n) is 5.38. The van der Waals surface area contributed by atoms with E-state index in [1.807, 2.05) is 13.8 Å². The Balaban J connectivity index is 2.92. The number of rotatable bonds is 4. The monoisotopic (exact) mass is 232 g/mol. The zero-order valence-electron chi connectivity index (χ0n) is 10.3. The number of hydrogen-bond acceptors (Lipinski definition) is 2. The Hall–Kier alpha value is -1.93. The third-order valence-corrected chi connectivity index (χ3v) is 2.80. The van der Waals surface area contributed by atoms with E-state index in [1.54, 1.807) is 24.3 Å². The third kappa shape index (κ3) is 3.26. The number of phenolic OH excluding ortho intramolecular Hbond substituents is 1. The molecule has 1 aromatic carbocycles. The average Bonchev–Trinajstić information content (AvgIpc) is 2.27. The molecule has 0 aliphatic heterocycles. The van der Waals surface area contributed by atoms with Crippen molar-refractivity contribution in [3.63, 3.8) is 0 Å². The summed E-state index contributed by atoms with van der Waals surface area (Å²) in [6, 6.07) is 6.76. The molecule has 17 heavy (non-hydrogen) atoms. The van der Waals surface area contributed by atoms with E-state index >= 15 is 0 Å². The summed E-state index contributed by atoms with van der Waals surface area (Å²) in [5, 5.41) is 9.21. The maximum atomic E-state index is 11.7. The van der Waals surface area contributed by atoms with Crippen LogP contribution in [0.5, 0.6) is 5.75 Å². The maximum Gasteiger partial charge on any atom is 0.331 e. The molecule has 1 aromatic rings. The first kappa shape index (κ1) is 13.1. The number of carbonyl (C=O) groups excluding carboxylic acids is 1. The number of ketones is 1. The van der Waals surface area contributed by atoms with E-state index in [2.05, 4.69) is 4.79 Å². The molecule has 0 aliphatic carbocycles. The Labute approximate surface area is 101 Å². The molecule has 0 aliphatic rings. The van der Waals surface area contributed by atoms with Crippen molar-refractivity contribution in [1.29, 1.82) is 0 Å². The molecular formula is C13H16N2O2. The summed E-state index contributed by atoms with van der Waals surface area (Å²) in [6.45, 7) is 5.35. The molecule has 4 heteroatoms. The van der Waals surface area contributed by atoms with Crippen molar-refractivity contribution < 1.29 is 14.7 Å². The van der Waals surface area contributed by atoms with Gasteiger partial charge in [-0.1, -0.05) is 26.0 Å². The smallest absolute Gasteiger partial charge is 0.331 e. The van der Waals surface area contributed by atoms with E-state index in [9.17, 15) is 9.90 Å². The van der Waals surface area contributed by atoms with Crippen molar-refractivity contribution in [2.75, 3.05) is 0 Å². The van der Waals surface area contributed by atoms with Crippen LogP contribution in [0.4, 0.5) is 0 Å². The van der Waals surface area contributed by atoms with Gasteiger partial charge in [0.1, 0.15) is 5.75 Å². The molecule has 90 valence electrons. The minimum Gasteiger partial charge on any atom is -0.508 e. The van der Waals surface area contributed by atoms with Gasteiger partial charge in [-0.3, -0.25) is 4.79 Å². The van der Waals surface area contributed by atoms with Gasteiger partial charge in [-0.2, -0.15) is 4.79 Å². The summed E-state index contributed by atoms with van der Waals surface area (Å²) in [7, 11) is 0. The number of carbonyl (C=O) groups is 1. The summed E-state index contributed by atoms with van der Waals surface area (Å²) < 4.78 is 0. The summed E-state index contributed by atoms with van der Waals surface area (Å²) in [5.74, 6) is 0.00885. The molecule has 1 N–H and O–H groups in total. The van der Waals surface area contributed by atoms with Crippen LogP contribution < -0.4 is 0 Å². The highest BCUT2D eigenvalue weighted by atomic mass is 16.3. The Morgan fingerprint density at radius 2 is 1.88 bits per heavy atom. The van der Waals surface area contributed by atoms with E-state index in [1.165, 1.54) is 6.92 Å². The van der Waals surface area contributed by atoms with E-state index in [0.29, 0.717) is 0 Å². The molecule has 0 radical (unpaired) electrons. The van der Waals surface area contributed by atoms with Gasteiger partial charge in [0.25, 0.3) is 0 Å². The Kier molecular flexibility index (Phi) is 3.81. The maximum absolute atomic E-state index is 11.7. The highest BCUT2D eigenvalue weighted by Crippen LogP contribution is 2.28. The molecule has 0 bridgehead atoms. The molecule has 0 saturated heterocycles. The van der Waals surface area contributed by atoms with Crippen LogP contribution in [0.25, 0.3) is 5.53 Å². The molecule has 0 unspecified atom stereocenters. The second kappa shape index (κ2) is 4.93. The van der Waals surface area contributed by atoms with Crippen molar-refractivity contribution in [2.24, 2.45) is 0 Å². The van der Waals surface area contributed by atoms with Crippen LogP contribution in [0.15, 0.2) is 24.3 Å². The summed E-state index contributed by atoms with van der Waals surface area (Å²) in [6.07, 6.45) is 0.258. The molecule has 4 nitrogen and oxygen atoms in total. The quantitative estimate of drug-likeness (QED) is 0.491. The van der Waals surface area contributed by atoms with Gasteiger partial charge in [0.05, 0.1) is 0 Å². The predicted octanol–water partition coefficient (Wildman–Crippen LogP) is 2.32. The van der Waals surface area contributed by atoms with Crippen LogP contribution in [0.3, 0.4) is 0 Å². The van der Waals surface area contributed by atoms with E-state index in [-0.39, 0.29) is 29.1 Å². The Morgan fingerprint density at radius 1 is 1.35 bits per heavy atom. The van der Waals surface area contributed by atoms with Crippen LogP contribution in [-0.2, 0) is 10.2 Å². The molecule has 0 fully saturated rings. The van der Waals surface area contributed by atoms with Gasteiger partial charge < -0.3 is 10.6 Å². The molecule has 0 amide bonds. The van der Waals surface area contributed by atoms with Crippen LogP contribution in [0.1, 0.15) is 32.8 Å². The summed E-state index contributed by atoms with van der Waals surface area (Å²) in [4.78, 5) is 14.6. The summed E-state index contributed by atoms with van der Waals surface area (Å²) >= 11 is 0. The lowest BCUT2D eigenvalue weighted by Crippen LogP contribution is -2.25. The number of Topliss-reactive ketones (excluding diaryl/α,β-unsaturated/α-hetero) is 1. The first-order chi connectivity index (χ1) is 7.86. The first-order valence-corrected chi connectivity index (χ1v) is 5.38. The van der Waals surface area contributed by atoms with Gasteiger partial charge in [-0.05, 0) is 23.1 Å². The zero-order chi connectivity index (χ0) is 13.1. The van der Waals surface area contributed by atoms with Crippen molar-refractivity contribution >= 4 is 11.5 Å². The molecule has 0 saturated carbocycles. The Bertz CT molecular complexity index is 469. The molecule has 0 aromatic heterocycles. The molecular weight excluding hydrogens is 216 g/mol. The van der Waals surface area contributed by atoms with Gasteiger partial charge >= 0.3 is 5.71 Å². The van der Waals surface area contributed by atoms with Crippen molar-refractivity contribution in [3.8, 4) is 5.75 Å². The largest absolute Gasteiger partial charge is 0.508 e. The lowest BCUT2D eigenvalue weighted by atomic mass is 9.79. The third-order valence-electron chi connectivity index (χ3n) is 2.80. The molecule has 0 heterocycles. The van der Waals surface area contributed by atoms with E-state index in [4.69, 9.17) is 5.53 Å². The Morgan fingerprint density at radius 3 is 2.35 bits per heavy atom. The van der Waals surface area contributed by atoms with Gasteiger partial charge in [0, 0.05) is 13.3 Å². The number of hydrogen-bond donors (Lipinski definition) is 1. The van der Waals surface area contributed by atoms with Crippen molar-refractivity contribution in [2.45, 2.75) is 32.6 Å².